The number of nitriles is 1. The molecular formula is C18H15ClN2O5. The molecule has 0 heterocycles. The summed E-state index contributed by atoms with van der Waals surface area (Å²) in [6.45, 7) is -0.903. The number of hydrogen-bond acceptors (Lipinski definition) is 6. The predicted octanol–water partition coefficient (Wildman–Crippen LogP) is 2.78. The molecule has 0 unspecified atom stereocenters. The van der Waals surface area contributed by atoms with E-state index in [1.807, 2.05) is 6.07 Å². The van der Waals surface area contributed by atoms with Gasteiger partial charge in [-0.1, -0.05) is 23.7 Å². The van der Waals surface area contributed by atoms with Crippen LogP contribution in [0.5, 0.6) is 11.5 Å². The van der Waals surface area contributed by atoms with E-state index in [9.17, 15) is 9.59 Å². The first kappa shape index (κ1) is 19.1. The number of benzene rings is 2. The Labute approximate surface area is 155 Å². The molecule has 0 fully saturated rings. The summed E-state index contributed by atoms with van der Waals surface area (Å²) in [5.74, 6) is -0.468. The molecule has 134 valence electrons. The van der Waals surface area contributed by atoms with E-state index in [2.05, 4.69) is 5.32 Å². The molecule has 0 aliphatic carbocycles. The lowest BCUT2D eigenvalue weighted by Crippen LogP contribution is -2.24. The molecule has 0 aliphatic heterocycles. The number of nitrogens with zero attached hydrogens (tertiary/aromatic N) is 1. The summed E-state index contributed by atoms with van der Waals surface area (Å²) >= 11 is 5.84. The summed E-state index contributed by atoms with van der Waals surface area (Å²) in [6, 6.07) is 13.2. The summed E-state index contributed by atoms with van der Waals surface area (Å²) in [4.78, 5) is 23.6. The highest BCUT2D eigenvalue weighted by molar-refractivity contribution is 6.31. The van der Waals surface area contributed by atoms with Gasteiger partial charge in [-0.05, 0) is 30.3 Å². The quantitative estimate of drug-likeness (QED) is 0.748. The van der Waals surface area contributed by atoms with Crippen LogP contribution in [0.3, 0.4) is 0 Å². The highest BCUT2D eigenvalue weighted by Gasteiger charge is 2.12. The predicted molar refractivity (Wildman–Crippen MR) is 94.2 cm³/mol. The van der Waals surface area contributed by atoms with Gasteiger partial charge in [0.2, 0.25) is 0 Å². The maximum absolute atomic E-state index is 11.9. The van der Waals surface area contributed by atoms with E-state index in [0.717, 1.165) is 0 Å². The van der Waals surface area contributed by atoms with E-state index < -0.39 is 18.5 Å². The molecule has 8 heteroatoms. The average Bonchev–Trinajstić information content (AvgIpc) is 2.65. The molecule has 7 nitrogen and oxygen atoms in total. The molecule has 2 rings (SSSR count). The number of carbonyl (C=O) groups is 2. The molecule has 2 aromatic carbocycles. The number of carbonyl (C=O) groups excluding carboxylic acids is 2. The van der Waals surface area contributed by atoms with E-state index in [1.165, 1.54) is 25.3 Å². The number of esters is 1. The van der Waals surface area contributed by atoms with Gasteiger partial charge >= 0.3 is 5.97 Å². The van der Waals surface area contributed by atoms with Crippen molar-refractivity contribution in [3.8, 4) is 17.6 Å². The second-order valence-electron chi connectivity index (χ2n) is 4.95. The minimum atomic E-state index is -0.724. The zero-order valence-corrected chi connectivity index (χ0v) is 14.6. The molecule has 0 bridgehead atoms. The number of amides is 1. The molecule has 2 aromatic rings. The van der Waals surface area contributed by atoms with Gasteiger partial charge < -0.3 is 19.5 Å². The first-order chi connectivity index (χ1) is 12.5. The van der Waals surface area contributed by atoms with Gasteiger partial charge in [0, 0.05) is 5.02 Å². The van der Waals surface area contributed by atoms with Crippen molar-refractivity contribution in [2.45, 2.75) is 0 Å². The van der Waals surface area contributed by atoms with Gasteiger partial charge in [0.25, 0.3) is 5.91 Å². The number of halogens is 1. The number of rotatable bonds is 7. The fraction of sp³-hybridized carbons (Fsp3) is 0.167. The van der Waals surface area contributed by atoms with Crippen LogP contribution >= 0.6 is 11.6 Å². The molecule has 0 spiro atoms. The molecular weight excluding hydrogens is 360 g/mol. The van der Waals surface area contributed by atoms with Crippen LogP contribution in [0.15, 0.2) is 42.5 Å². The van der Waals surface area contributed by atoms with Crippen molar-refractivity contribution in [2.24, 2.45) is 0 Å². The van der Waals surface area contributed by atoms with Crippen LogP contribution in [0.2, 0.25) is 5.02 Å². The van der Waals surface area contributed by atoms with Crippen molar-refractivity contribution in [1.29, 1.82) is 5.26 Å². The van der Waals surface area contributed by atoms with Gasteiger partial charge in [-0.15, -0.1) is 0 Å². The maximum atomic E-state index is 11.9. The van der Waals surface area contributed by atoms with Gasteiger partial charge in [-0.2, -0.15) is 5.26 Å². The molecule has 1 N–H and O–H groups in total. The zero-order valence-electron chi connectivity index (χ0n) is 13.8. The SMILES string of the molecule is COc1ccccc1OCC(=O)OCC(=O)Nc1cc(Cl)ccc1C#N. The summed E-state index contributed by atoms with van der Waals surface area (Å²) in [7, 11) is 1.48. The first-order valence-electron chi connectivity index (χ1n) is 7.44. The number of para-hydroxylation sites is 2. The number of ether oxygens (including phenoxy) is 3. The van der Waals surface area contributed by atoms with Gasteiger partial charge in [0.1, 0.15) is 6.07 Å². The fourth-order valence-electron chi connectivity index (χ4n) is 1.97. The Morgan fingerprint density at radius 1 is 1.15 bits per heavy atom. The van der Waals surface area contributed by atoms with E-state index in [0.29, 0.717) is 16.5 Å². The van der Waals surface area contributed by atoms with Crippen LogP contribution in [0.1, 0.15) is 5.56 Å². The molecule has 0 saturated heterocycles. The largest absolute Gasteiger partial charge is 0.493 e. The van der Waals surface area contributed by atoms with Crippen LogP contribution in [0.4, 0.5) is 5.69 Å². The number of methoxy groups -OCH3 is 1. The summed E-state index contributed by atoms with van der Waals surface area (Å²) in [5, 5.41) is 11.8. The van der Waals surface area contributed by atoms with Crippen molar-refractivity contribution in [3.05, 3.63) is 53.1 Å². The third-order valence-electron chi connectivity index (χ3n) is 3.16. The summed E-state index contributed by atoms with van der Waals surface area (Å²) in [6.07, 6.45) is 0. The molecule has 0 aliphatic rings. The van der Waals surface area contributed by atoms with Crippen LogP contribution in [-0.4, -0.2) is 32.2 Å². The summed E-state index contributed by atoms with van der Waals surface area (Å²) < 4.78 is 15.2. The van der Waals surface area contributed by atoms with Crippen molar-refractivity contribution in [2.75, 3.05) is 25.6 Å². The molecule has 0 aromatic heterocycles. The molecule has 0 radical (unpaired) electrons. The smallest absolute Gasteiger partial charge is 0.344 e. The normalized spacial score (nSPS) is 9.73. The molecule has 26 heavy (non-hydrogen) atoms. The standard InChI is InChI=1S/C18H15ClN2O5/c1-24-15-4-2-3-5-16(15)25-11-18(23)26-10-17(22)21-14-8-13(19)7-6-12(14)9-20/h2-8H,10-11H2,1H3,(H,21,22). The second-order valence-corrected chi connectivity index (χ2v) is 5.39. The van der Waals surface area contributed by atoms with E-state index in [4.69, 9.17) is 31.1 Å². The Kier molecular flexibility index (Phi) is 6.83. The lowest BCUT2D eigenvalue weighted by atomic mass is 10.2. The molecule has 1 amide bonds. The summed E-state index contributed by atoms with van der Waals surface area (Å²) in [5.41, 5.74) is 0.486. The second kappa shape index (κ2) is 9.30. The topological polar surface area (TPSA) is 97.7 Å². The van der Waals surface area contributed by atoms with Crippen molar-refractivity contribution >= 4 is 29.2 Å². The lowest BCUT2D eigenvalue weighted by Gasteiger charge is -2.10. The zero-order chi connectivity index (χ0) is 18.9. The third kappa shape index (κ3) is 5.40. The minimum Gasteiger partial charge on any atom is -0.493 e. The lowest BCUT2D eigenvalue weighted by molar-refractivity contribution is -0.149. The van der Waals surface area contributed by atoms with E-state index in [-0.39, 0.29) is 17.9 Å². The van der Waals surface area contributed by atoms with E-state index >= 15 is 0 Å². The first-order valence-corrected chi connectivity index (χ1v) is 7.82. The Balaban J connectivity index is 1.83. The van der Waals surface area contributed by atoms with Gasteiger partial charge in [0.05, 0.1) is 18.4 Å². The van der Waals surface area contributed by atoms with Crippen LogP contribution in [0.25, 0.3) is 0 Å². The van der Waals surface area contributed by atoms with Gasteiger partial charge in [0.15, 0.2) is 24.7 Å². The minimum absolute atomic E-state index is 0.242. The molecule has 0 saturated carbocycles. The van der Waals surface area contributed by atoms with Crippen LogP contribution in [0, 0.1) is 11.3 Å². The fourth-order valence-corrected chi connectivity index (χ4v) is 2.14. The number of nitrogens with one attached hydrogen (secondary N) is 1. The maximum Gasteiger partial charge on any atom is 0.344 e. The van der Waals surface area contributed by atoms with Crippen LogP contribution in [-0.2, 0) is 14.3 Å². The average molecular weight is 375 g/mol. The number of anilines is 1. The van der Waals surface area contributed by atoms with Gasteiger partial charge in [-0.3, -0.25) is 4.79 Å². The highest BCUT2D eigenvalue weighted by Crippen LogP contribution is 2.25. The van der Waals surface area contributed by atoms with Crippen molar-refractivity contribution in [3.63, 3.8) is 0 Å². The Morgan fingerprint density at radius 3 is 2.58 bits per heavy atom. The molecule has 0 atom stereocenters. The van der Waals surface area contributed by atoms with E-state index in [1.54, 1.807) is 24.3 Å². The Bertz CT molecular complexity index is 848. The van der Waals surface area contributed by atoms with Crippen molar-refractivity contribution in [1.82, 2.24) is 0 Å². The monoisotopic (exact) mass is 374 g/mol. The third-order valence-corrected chi connectivity index (χ3v) is 3.39. The van der Waals surface area contributed by atoms with Gasteiger partial charge in [-0.25, -0.2) is 4.79 Å². The highest BCUT2D eigenvalue weighted by atomic mass is 35.5. The van der Waals surface area contributed by atoms with Crippen molar-refractivity contribution < 1.29 is 23.8 Å². The number of hydrogen-bond donors (Lipinski definition) is 1. The Hall–Kier alpha value is -3.24. The Morgan fingerprint density at radius 2 is 1.88 bits per heavy atom. The van der Waals surface area contributed by atoms with Crippen LogP contribution < -0.4 is 14.8 Å².